The molecule has 0 saturated heterocycles. The summed E-state index contributed by atoms with van der Waals surface area (Å²) in [6.45, 7) is 1.54. The van der Waals surface area contributed by atoms with Gasteiger partial charge in [-0.1, -0.05) is 0 Å². The normalized spacial score (nSPS) is 15.7. The predicted octanol–water partition coefficient (Wildman–Crippen LogP) is 1.71. The highest BCUT2D eigenvalue weighted by molar-refractivity contribution is 6.06. The highest BCUT2D eigenvalue weighted by Gasteiger charge is 2.39. The van der Waals surface area contributed by atoms with E-state index in [1.807, 2.05) is 0 Å². The van der Waals surface area contributed by atoms with Gasteiger partial charge in [0, 0.05) is 30.0 Å². The summed E-state index contributed by atoms with van der Waals surface area (Å²) < 4.78 is 0. The Labute approximate surface area is 121 Å². The number of carboxylic acid groups (broad SMARTS) is 1. The molecule has 1 aliphatic carbocycles. The third-order valence-corrected chi connectivity index (χ3v) is 3.72. The lowest BCUT2D eigenvalue weighted by Gasteiger charge is -2.26. The van der Waals surface area contributed by atoms with Crippen molar-refractivity contribution >= 4 is 22.8 Å². The lowest BCUT2D eigenvalue weighted by atomic mass is 10.1. The summed E-state index contributed by atoms with van der Waals surface area (Å²) in [7, 11) is 0. The summed E-state index contributed by atoms with van der Waals surface area (Å²) in [5.74, 6) is -1.26. The number of fused-ring (bicyclic) bond motifs is 1. The van der Waals surface area contributed by atoms with Crippen molar-refractivity contribution in [3.8, 4) is 0 Å². The predicted molar refractivity (Wildman–Crippen MR) is 75.8 cm³/mol. The quantitative estimate of drug-likeness (QED) is 0.924. The van der Waals surface area contributed by atoms with Crippen LogP contribution in [0, 0.1) is 0 Å². The number of aromatic nitrogens is 2. The molecular formula is C15H15N3O3. The largest absolute Gasteiger partial charge is 0.480 e. The minimum absolute atomic E-state index is 0.0171. The first kappa shape index (κ1) is 13.5. The van der Waals surface area contributed by atoms with E-state index in [1.54, 1.807) is 37.6 Å². The first-order chi connectivity index (χ1) is 10.1. The van der Waals surface area contributed by atoms with Gasteiger partial charge in [-0.2, -0.15) is 0 Å². The maximum Gasteiger partial charge on any atom is 0.326 e. The molecule has 1 saturated carbocycles. The van der Waals surface area contributed by atoms with Gasteiger partial charge in [0.05, 0.1) is 11.1 Å². The number of rotatable bonds is 4. The van der Waals surface area contributed by atoms with Gasteiger partial charge in [-0.25, -0.2) is 4.79 Å². The van der Waals surface area contributed by atoms with Gasteiger partial charge in [0.15, 0.2) is 0 Å². The van der Waals surface area contributed by atoms with Gasteiger partial charge in [0.2, 0.25) is 0 Å². The molecule has 0 radical (unpaired) electrons. The van der Waals surface area contributed by atoms with E-state index in [2.05, 4.69) is 9.97 Å². The molecule has 6 nitrogen and oxygen atoms in total. The second-order valence-electron chi connectivity index (χ2n) is 5.21. The van der Waals surface area contributed by atoms with E-state index >= 15 is 0 Å². The molecule has 1 unspecified atom stereocenters. The van der Waals surface area contributed by atoms with Crippen LogP contribution in [0.3, 0.4) is 0 Å². The molecule has 1 N–H and O–H groups in total. The molecule has 108 valence electrons. The Balaban J connectivity index is 2.04. The molecule has 3 rings (SSSR count). The number of carbonyl (C=O) groups excluding carboxylic acids is 1. The minimum Gasteiger partial charge on any atom is -0.480 e. The van der Waals surface area contributed by atoms with E-state index in [0.717, 1.165) is 12.8 Å². The van der Waals surface area contributed by atoms with Crippen molar-refractivity contribution in [1.82, 2.24) is 14.9 Å². The van der Waals surface area contributed by atoms with Crippen molar-refractivity contribution in [2.24, 2.45) is 0 Å². The van der Waals surface area contributed by atoms with Gasteiger partial charge in [0.25, 0.3) is 5.91 Å². The maximum atomic E-state index is 12.8. The van der Waals surface area contributed by atoms with Crippen molar-refractivity contribution in [1.29, 1.82) is 0 Å². The molecule has 0 aliphatic heterocycles. The van der Waals surface area contributed by atoms with E-state index in [4.69, 9.17) is 0 Å². The number of carboxylic acids is 1. The third kappa shape index (κ3) is 2.44. The van der Waals surface area contributed by atoms with E-state index in [1.165, 1.54) is 4.90 Å². The number of amides is 1. The molecule has 0 aromatic carbocycles. The standard InChI is InChI=1S/C15H15N3O3/c1-9(15(20)21)18(10-2-3-10)14(19)11-4-7-17-13-5-6-16-8-12(11)13/h4-10H,2-3H2,1H3,(H,20,21). The number of hydrogen-bond donors (Lipinski definition) is 1. The van der Waals surface area contributed by atoms with Crippen LogP contribution in [0.25, 0.3) is 10.9 Å². The van der Waals surface area contributed by atoms with Crippen molar-refractivity contribution in [3.05, 3.63) is 36.3 Å². The summed E-state index contributed by atoms with van der Waals surface area (Å²) in [6.07, 6.45) is 6.47. The van der Waals surface area contributed by atoms with Crippen LogP contribution in [0.5, 0.6) is 0 Å². The zero-order valence-corrected chi connectivity index (χ0v) is 11.6. The molecule has 0 spiro atoms. The average Bonchev–Trinajstić information content (AvgIpc) is 3.31. The minimum atomic E-state index is -0.994. The smallest absolute Gasteiger partial charge is 0.326 e. The van der Waals surface area contributed by atoms with Crippen LogP contribution in [0.2, 0.25) is 0 Å². The van der Waals surface area contributed by atoms with Crippen LogP contribution in [-0.4, -0.2) is 43.9 Å². The monoisotopic (exact) mass is 285 g/mol. The van der Waals surface area contributed by atoms with Crippen molar-refractivity contribution in [2.75, 3.05) is 0 Å². The van der Waals surface area contributed by atoms with Crippen LogP contribution in [0.1, 0.15) is 30.1 Å². The lowest BCUT2D eigenvalue weighted by molar-refractivity contribution is -0.141. The lowest BCUT2D eigenvalue weighted by Crippen LogP contribution is -2.44. The molecule has 0 bridgehead atoms. The number of aliphatic carboxylic acids is 1. The van der Waals surface area contributed by atoms with Crippen LogP contribution in [0.4, 0.5) is 0 Å². The Kier molecular flexibility index (Phi) is 3.29. The van der Waals surface area contributed by atoms with Crippen molar-refractivity contribution in [3.63, 3.8) is 0 Å². The van der Waals surface area contributed by atoms with Gasteiger partial charge >= 0.3 is 5.97 Å². The van der Waals surface area contributed by atoms with Crippen LogP contribution in [0.15, 0.2) is 30.7 Å². The Hall–Kier alpha value is -2.50. The molecular weight excluding hydrogens is 270 g/mol. The summed E-state index contributed by atoms with van der Waals surface area (Å²) in [6, 6.07) is 2.53. The zero-order valence-electron chi connectivity index (χ0n) is 11.6. The van der Waals surface area contributed by atoms with Crippen LogP contribution < -0.4 is 0 Å². The molecule has 6 heteroatoms. The van der Waals surface area contributed by atoms with Gasteiger partial charge in [-0.3, -0.25) is 14.8 Å². The van der Waals surface area contributed by atoms with Gasteiger partial charge in [-0.05, 0) is 31.9 Å². The maximum absolute atomic E-state index is 12.8. The van der Waals surface area contributed by atoms with E-state index in [9.17, 15) is 14.7 Å². The number of carbonyl (C=O) groups is 2. The van der Waals surface area contributed by atoms with Crippen LogP contribution >= 0.6 is 0 Å². The SMILES string of the molecule is CC(C(=O)O)N(C(=O)c1ccnc2ccncc12)C1CC1. The number of pyridine rings is 2. The topological polar surface area (TPSA) is 83.4 Å². The highest BCUT2D eigenvalue weighted by Crippen LogP contribution is 2.31. The second kappa shape index (κ2) is 5.12. The molecule has 2 heterocycles. The third-order valence-electron chi connectivity index (χ3n) is 3.72. The van der Waals surface area contributed by atoms with Gasteiger partial charge < -0.3 is 10.0 Å². The van der Waals surface area contributed by atoms with Crippen molar-refractivity contribution < 1.29 is 14.7 Å². The summed E-state index contributed by atoms with van der Waals surface area (Å²) in [5, 5.41) is 9.87. The first-order valence-corrected chi connectivity index (χ1v) is 6.84. The van der Waals surface area contributed by atoms with Crippen LogP contribution in [-0.2, 0) is 4.79 Å². The Morgan fingerprint density at radius 1 is 1.33 bits per heavy atom. The number of hydrogen-bond acceptors (Lipinski definition) is 4. The molecule has 1 amide bonds. The molecule has 2 aromatic rings. The first-order valence-electron chi connectivity index (χ1n) is 6.84. The average molecular weight is 285 g/mol. The fraction of sp³-hybridized carbons (Fsp3) is 0.333. The van der Waals surface area contributed by atoms with Crippen molar-refractivity contribution in [2.45, 2.75) is 31.8 Å². The summed E-state index contributed by atoms with van der Waals surface area (Å²) in [5.41, 5.74) is 1.13. The van der Waals surface area contributed by atoms with E-state index in [0.29, 0.717) is 16.5 Å². The van der Waals surface area contributed by atoms with E-state index in [-0.39, 0.29) is 11.9 Å². The Morgan fingerprint density at radius 2 is 2.10 bits per heavy atom. The second-order valence-corrected chi connectivity index (χ2v) is 5.21. The zero-order chi connectivity index (χ0) is 15.0. The molecule has 2 aromatic heterocycles. The number of nitrogens with zero attached hydrogens (tertiary/aromatic N) is 3. The van der Waals surface area contributed by atoms with Gasteiger partial charge in [0.1, 0.15) is 6.04 Å². The van der Waals surface area contributed by atoms with Gasteiger partial charge in [-0.15, -0.1) is 0 Å². The highest BCUT2D eigenvalue weighted by atomic mass is 16.4. The molecule has 1 fully saturated rings. The molecule has 1 aliphatic rings. The Morgan fingerprint density at radius 3 is 2.76 bits per heavy atom. The molecule has 1 atom stereocenters. The fourth-order valence-electron chi connectivity index (χ4n) is 2.44. The van der Waals surface area contributed by atoms with E-state index < -0.39 is 12.0 Å². The summed E-state index contributed by atoms with van der Waals surface area (Å²) in [4.78, 5) is 33.7. The molecule has 21 heavy (non-hydrogen) atoms. The fourth-order valence-corrected chi connectivity index (χ4v) is 2.44. The Bertz CT molecular complexity index is 707. The summed E-state index contributed by atoms with van der Waals surface area (Å²) >= 11 is 0.